The predicted octanol–water partition coefficient (Wildman–Crippen LogP) is 3.71. The summed E-state index contributed by atoms with van der Waals surface area (Å²) in [4.78, 5) is 28.8. The third kappa shape index (κ3) is 8.79. The molecular formula is C22H28N2O4. The molecule has 2 aromatic rings. The van der Waals surface area contributed by atoms with E-state index in [9.17, 15) is 9.59 Å². The Kier molecular flexibility index (Phi) is 9.75. The van der Waals surface area contributed by atoms with E-state index in [1.165, 1.54) is 0 Å². The van der Waals surface area contributed by atoms with E-state index in [1.54, 1.807) is 24.3 Å². The van der Waals surface area contributed by atoms with E-state index >= 15 is 0 Å². The summed E-state index contributed by atoms with van der Waals surface area (Å²) in [5, 5.41) is 11.8. The van der Waals surface area contributed by atoms with Crippen LogP contribution in [0.2, 0.25) is 0 Å². The molecule has 0 atom stereocenters. The highest BCUT2D eigenvalue weighted by molar-refractivity contribution is 5.90. The quantitative estimate of drug-likeness (QED) is 0.385. The topological polar surface area (TPSA) is 87.7 Å². The summed E-state index contributed by atoms with van der Waals surface area (Å²) in [5.74, 6) is -0.149. The van der Waals surface area contributed by atoms with Crippen LogP contribution < -0.4 is 10.8 Å². The van der Waals surface area contributed by atoms with Gasteiger partial charge >= 0.3 is 0 Å². The molecule has 2 aromatic carbocycles. The van der Waals surface area contributed by atoms with Gasteiger partial charge in [-0.1, -0.05) is 55.3 Å². The number of rotatable bonds is 12. The van der Waals surface area contributed by atoms with Crippen molar-refractivity contribution in [2.45, 2.75) is 51.7 Å². The Morgan fingerprint density at radius 2 is 1.43 bits per heavy atom. The highest BCUT2D eigenvalue weighted by Gasteiger charge is 2.04. The summed E-state index contributed by atoms with van der Waals surface area (Å²) >= 11 is 0. The van der Waals surface area contributed by atoms with Gasteiger partial charge in [0.15, 0.2) is 0 Å². The first-order chi connectivity index (χ1) is 13.7. The van der Waals surface area contributed by atoms with Gasteiger partial charge in [0, 0.05) is 18.5 Å². The van der Waals surface area contributed by atoms with Gasteiger partial charge in [0.05, 0.1) is 13.2 Å². The van der Waals surface area contributed by atoms with Crippen molar-refractivity contribution in [2.75, 3.05) is 5.32 Å². The van der Waals surface area contributed by atoms with Crippen molar-refractivity contribution in [2.24, 2.45) is 0 Å². The number of carbonyl (C=O) groups excluding carboxylic acids is 2. The van der Waals surface area contributed by atoms with E-state index in [0.29, 0.717) is 19.4 Å². The fourth-order valence-corrected chi connectivity index (χ4v) is 2.67. The molecule has 6 nitrogen and oxygen atoms in total. The molecule has 0 aliphatic rings. The number of hydrogen-bond acceptors (Lipinski definition) is 4. The fraction of sp³-hybridized carbons (Fsp3) is 0.364. The number of hydroxylamine groups is 1. The van der Waals surface area contributed by atoms with Crippen molar-refractivity contribution < 1.29 is 19.5 Å². The second-order valence-corrected chi connectivity index (χ2v) is 6.62. The van der Waals surface area contributed by atoms with Crippen LogP contribution in [0.5, 0.6) is 0 Å². The third-order valence-electron chi connectivity index (χ3n) is 4.25. The van der Waals surface area contributed by atoms with Gasteiger partial charge in [-0.2, -0.15) is 0 Å². The molecule has 0 heterocycles. The number of hydrogen-bond donors (Lipinski definition) is 3. The SMILES string of the molecule is O=C(CCCCCCC(=O)Nc1ccc(CO)cc1)NOCc1ccccc1. The van der Waals surface area contributed by atoms with Gasteiger partial charge in [-0.15, -0.1) is 0 Å². The molecule has 2 rings (SSSR count). The predicted molar refractivity (Wildman–Crippen MR) is 108 cm³/mol. The maximum Gasteiger partial charge on any atom is 0.243 e. The molecule has 28 heavy (non-hydrogen) atoms. The second kappa shape index (κ2) is 12.6. The van der Waals surface area contributed by atoms with Crippen LogP contribution in [0, 0.1) is 0 Å². The van der Waals surface area contributed by atoms with E-state index < -0.39 is 0 Å². The van der Waals surface area contributed by atoms with Crippen LogP contribution in [0.4, 0.5) is 5.69 Å². The summed E-state index contributed by atoms with van der Waals surface area (Å²) in [7, 11) is 0. The van der Waals surface area contributed by atoms with E-state index in [2.05, 4.69) is 10.8 Å². The summed E-state index contributed by atoms with van der Waals surface area (Å²) < 4.78 is 0. The molecule has 0 saturated carbocycles. The molecule has 0 bridgehead atoms. The zero-order valence-electron chi connectivity index (χ0n) is 16.0. The van der Waals surface area contributed by atoms with E-state index in [1.807, 2.05) is 30.3 Å². The van der Waals surface area contributed by atoms with Gasteiger partial charge in [0.1, 0.15) is 0 Å². The first-order valence-corrected chi connectivity index (χ1v) is 9.61. The Morgan fingerprint density at radius 1 is 0.786 bits per heavy atom. The molecule has 0 aliphatic carbocycles. The third-order valence-corrected chi connectivity index (χ3v) is 4.25. The van der Waals surface area contributed by atoms with Crippen molar-refractivity contribution in [1.29, 1.82) is 0 Å². The van der Waals surface area contributed by atoms with Crippen molar-refractivity contribution >= 4 is 17.5 Å². The molecule has 0 fully saturated rings. The molecule has 0 saturated heterocycles. The summed E-state index contributed by atoms with van der Waals surface area (Å²) in [5.41, 5.74) is 5.01. The van der Waals surface area contributed by atoms with Gasteiger partial charge in [0.25, 0.3) is 0 Å². The number of anilines is 1. The number of aliphatic hydroxyl groups excluding tert-OH is 1. The van der Waals surface area contributed by atoms with Crippen LogP contribution in [-0.4, -0.2) is 16.9 Å². The molecule has 150 valence electrons. The Morgan fingerprint density at radius 3 is 2.07 bits per heavy atom. The van der Waals surface area contributed by atoms with Gasteiger partial charge in [-0.05, 0) is 36.1 Å². The molecule has 3 N–H and O–H groups in total. The summed E-state index contributed by atoms with van der Waals surface area (Å²) in [6.45, 7) is 0.343. The molecule has 2 amide bonds. The lowest BCUT2D eigenvalue weighted by Crippen LogP contribution is -2.23. The molecule has 0 unspecified atom stereocenters. The zero-order chi connectivity index (χ0) is 20.0. The monoisotopic (exact) mass is 384 g/mol. The molecule has 0 radical (unpaired) electrons. The number of unbranched alkanes of at least 4 members (excludes halogenated alkanes) is 3. The largest absolute Gasteiger partial charge is 0.392 e. The first kappa shape index (κ1) is 21.6. The van der Waals surface area contributed by atoms with Crippen LogP contribution in [0.25, 0.3) is 0 Å². The van der Waals surface area contributed by atoms with E-state index in [-0.39, 0.29) is 18.4 Å². The van der Waals surface area contributed by atoms with Crippen molar-refractivity contribution in [1.82, 2.24) is 5.48 Å². The van der Waals surface area contributed by atoms with Crippen LogP contribution in [0.3, 0.4) is 0 Å². The number of benzene rings is 2. The Bertz CT molecular complexity index is 717. The van der Waals surface area contributed by atoms with E-state index in [4.69, 9.17) is 9.94 Å². The maximum absolute atomic E-state index is 11.9. The minimum Gasteiger partial charge on any atom is -0.392 e. The summed E-state index contributed by atoms with van der Waals surface area (Å²) in [6.07, 6.45) is 4.21. The van der Waals surface area contributed by atoms with E-state index in [0.717, 1.165) is 42.5 Å². The van der Waals surface area contributed by atoms with Gasteiger partial charge in [-0.25, -0.2) is 5.48 Å². The van der Waals surface area contributed by atoms with Crippen LogP contribution >= 0.6 is 0 Å². The lowest BCUT2D eigenvalue weighted by molar-refractivity contribution is -0.134. The average molecular weight is 384 g/mol. The first-order valence-electron chi connectivity index (χ1n) is 9.61. The molecule has 6 heteroatoms. The fourth-order valence-electron chi connectivity index (χ4n) is 2.67. The van der Waals surface area contributed by atoms with Crippen molar-refractivity contribution in [3.63, 3.8) is 0 Å². The number of carbonyl (C=O) groups is 2. The van der Waals surface area contributed by atoms with Crippen LogP contribution in [0.15, 0.2) is 54.6 Å². The van der Waals surface area contributed by atoms with Gasteiger partial charge in [-0.3, -0.25) is 14.4 Å². The van der Waals surface area contributed by atoms with Gasteiger partial charge in [0.2, 0.25) is 11.8 Å². The number of nitrogens with one attached hydrogen (secondary N) is 2. The lowest BCUT2D eigenvalue weighted by atomic mass is 10.1. The normalized spacial score (nSPS) is 10.5. The standard InChI is InChI=1S/C22H28N2O4/c25-16-18-12-14-20(15-13-18)23-21(26)10-6-1-2-7-11-22(27)24-28-17-19-8-4-3-5-9-19/h3-5,8-9,12-15,25H,1-2,6-7,10-11,16-17H2,(H,23,26)(H,24,27). The number of amides is 2. The number of aliphatic hydroxyl groups is 1. The molecule has 0 aromatic heterocycles. The Hall–Kier alpha value is -2.70. The molecule has 0 aliphatic heterocycles. The Balaban J connectivity index is 1.47. The smallest absolute Gasteiger partial charge is 0.243 e. The average Bonchev–Trinajstić information content (AvgIpc) is 2.72. The molecule has 0 spiro atoms. The minimum atomic E-state index is -0.125. The second-order valence-electron chi connectivity index (χ2n) is 6.62. The van der Waals surface area contributed by atoms with Gasteiger partial charge < -0.3 is 10.4 Å². The maximum atomic E-state index is 11.9. The van der Waals surface area contributed by atoms with Crippen LogP contribution in [0.1, 0.15) is 49.7 Å². The highest BCUT2D eigenvalue weighted by atomic mass is 16.6. The Labute approximate surface area is 165 Å². The lowest BCUT2D eigenvalue weighted by Gasteiger charge is -2.07. The molecular weight excluding hydrogens is 356 g/mol. The summed E-state index contributed by atoms with van der Waals surface area (Å²) in [6, 6.07) is 16.8. The van der Waals surface area contributed by atoms with Crippen molar-refractivity contribution in [3.05, 3.63) is 65.7 Å². The minimum absolute atomic E-state index is 0.00853. The van der Waals surface area contributed by atoms with Crippen molar-refractivity contribution in [3.8, 4) is 0 Å². The zero-order valence-corrected chi connectivity index (χ0v) is 16.0. The van der Waals surface area contributed by atoms with Crippen LogP contribution in [-0.2, 0) is 27.6 Å². The highest BCUT2D eigenvalue weighted by Crippen LogP contribution is 2.11.